The number of nitrogens with zero attached hydrogens (tertiary/aromatic N) is 3. The zero-order valence-corrected chi connectivity index (χ0v) is 18.6. The van der Waals surface area contributed by atoms with Crippen LogP contribution >= 0.6 is 0 Å². The molecule has 2 aromatic carbocycles. The smallest absolute Gasteiger partial charge is 0.236 e. The van der Waals surface area contributed by atoms with Crippen LogP contribution in [0, 0.1) is 0 Å². The maximum absolute atomic E-state index is 11.7. The molecule has 1 atom stereocenters. The molecule has 4 rings (SSSR count). The number of carbonyl (C=O) groups is 1. The standard InChI is InChI=1S/C25H30N6O/c1-3-4-9-21-30-22-23(19-7-5-6-8-20(19)29-24(22)27)31(21)15-18-12-10-17(11-13-18)14-28-25(32)16(2)26/h5-8,10-13,16H,3-4,9,14-15,26H2,1-2H3,(H2,27,29)(H,28,32). The average Bonchev–Trinajstić information content (AvgIpc) is 3.16. The number of anilines is 1. The quantitative estimate of drug-likeness (QED) is 0.396. The van der Waals surface area contributed by atoms with Gasteiger partial charge in [0, 0.05) is 24.9 Å². The number of hydrogen-bond acceptors (Lipinski definition) is 5. The summed E-state index contributed by atoms with van der Waals surface area (Å²) in [6.45, 7) is 5.01. The largest absolute Gasteiger partial charge is 0.382 e. The third-order valence-corrected chi connectivity index (χ3v) is 5.69. The number of para-hydroxylation sites is 1. The van der Waals surface area contributed by atoms with Gasteiger partial charge in [-0.25, -0.2) is 9.97 Å². The number of imidazole rings is 1. The number of amides is 1. The molecule has 0 aliphatic heterocycles. The van der Waals surface area contributed by atoms with Gasteiger partial charge in [-0.15, -0.1) is 0 Å². The highest BCUT2D eigenvalue weighted by molar-refractivity contribution is 6.06. The van der Waals surface area contributed by atoms with E-state index in [1.165, 1.54) is 0 Å². The summed E-state index contributed by atoms with van der Waals surface area (Å²) in [7, 11) is 0. The molecular formula is C25H30N6O. The van der Waals surface area contributed by atoms with Gasteiger partial charge in [-0.3, -0.25) is 4.79 Å². The number of benzene rings is 2. The molecule has 166 valence electrons. The minimum Gasteiger partial charge on any atom is -0.382 e. The van der Waals surface area contributed by atoms with Crippen LogP contribution in [0.5, 0.6) is 0 Å². The number of rotatable bonds is 8. The van der Waals surface area contributed by atoms with Crippen LogP contribution in [0.15, 0.2) is 48.5 Å². The molecule has 0 saturated heterocycles. The number of aromatic nitrogens is 3. The Kier molecular flexibility index (Phi) is 6.37. The highest BCUT2D eigenvalue weighted by atomic mass is 16.2. The van der Waals surface area contributed by atoms with Crippen LogP contribution in [0.1, 0.15) is 43.6 Å². The summed E-state index contributed by atoms with van der Waals surface area (Å²) in [5, 5.41) is 3.90. The predicted octanol–water partition coefficient (Wildman–Crippen LogP) is 3.52. The summed E-state index contributed by atoms with van der Waals surface area (Å²) >= 11 is 0. The fourth-order valence-corrected chi connectivity index (χ4v) is 3.90. The first-order valence-electron chi connectivity index (χ1n) is 11.1. The molecule has 0 aliphatic carbocycles. The molecule has 32 heavy (non-hydrogen) atoms. The second-order valence-electron chi connectivity index (χ2n) is 8.25. The van der Waals surface area contributed by atoms with Crippen LogP contribution in [0.3, 0.4) is 0 Å². The van der Waals surface area contributed by atoms with E-state index in [1.54, 1.807) is 6.92 Å². The summed E-state index contributed by atoms with van der Waals surface area (Å²) in [4.78, 5) is 21.2. The fraction of sp³-hybridized carbons (Fsp3) is 0.320. The fourth-order valence-electron chi connectivity index (χ4n) is 3.90. The molecule has 2 heterocycles. The van der Waals surface area contributed by atoms with Crippen LogP contribution in [0.2, 0.25) is 0 Å². The SMILES string of the molecule is CCCCc1nc2c(N)nc3ccccc3c2n1Cc1ccc(CNC(=O)C(C)N)cc1. The molecule has 4 aromatic rings. The van der Waals surface area contributed by atoms with E-state index in [4.69, 9.17) is 16.5 Å². The number of fused-ring (bicyclic) bond motifs is 3. The highest BCUT2D eigenvalue weighted by Gasteiger charge is 2.17. The summed E-state index contributed by atoms with van der Waals surface area (Å²) in [5.41, 5.74) is 16.8. The topological polar surface area (TPSA) is 112 Å². The van der Waals surface area contributed by atoms with Gasteiger partial charge < -0.3 is 21.4 Å². The first kappa shape index (κ1) is 21.8. The van der Waals surface area contributed by atoms with Gasteiger partial charge in [0.15, 0.2) is 5.82 Å². The van der Waals surface area contributed by atoms with Crippen molar-refractivity contribution in [2.75, 3.05) is 5.73 Å². The average molecular weight is 431 g/mol. The van der Waals surface area contributed by atoms with Crippen molar-refractivity contribution in [3.63, 3.8) is 0 Å². The van der Waals surface area contributed by atoms with E-state index in [2.05, 4.69) is 40.0 Å². The Labute approximate surface area is 187 Å². The maximum Gasteiger partial charge on any atom is 0.236 e. The summed E-state index contributed by atoms with van der Waals surface area (Å²) in [6, 6.07) is 15.8. The van der Waals surface area contributed by atoms with E-state index in [9.17, 15) is 4.79 Å². The number of pyridine rings is 1. The number of nitrogen functional groups attached to an aromatic ring is 1. The number of nitrogens with one attached hydrogen (secondary N) is 1. The van der Waals surface area contributed by atoms with Crippen molar-refractivity contribution in [1.82, 2.24) is 19.9 Å². The molecule has 0 bridgehead atoms. The maximum atomic E-state index is 11.7. The molecule has 0 fully saturated rings. The normalized spacial score (nSPS) is 12.3. The van der Waals surface area contributed by atoms with Gasteiger partial charge in [0.25, 0.3) is 0 Å². The lowest BCUT2D eigenvalue weighted by Crippen LogP contribution is -2.37. The van der Waals surface area contributed by atoms with Crippen LogP contribution in [0.25, 0.3) is 21.9 Å². The monoisotopic (exact) mass is 430 g/mol. The van der Waals surface area contributed by atoms with Crippen molar-refractivity contribution < 1.29 is 4.79 Å². The number of nitrogens with two attached hydrogens (primary N) is 2. The Bertz CT molecular complexity index is 1240. The Balaban J connectivity index is 1.69. The zero-order valence-electron chi connectivity index (χ0n) is 18.6. The Morgan fingerprint density at radius 3 is 2.53 bits per heavy atom. The van der Waals surface area contributed by atoms with Gasteiger partial charge in [-0.2, -0.15) is 0 Å². The van der Waals surface area contributed by atoms with E-state index in [1.807, 2.05) is 30.3 Å². The minimum absolute atomic E-state index is 0.155. The molecule has 0 radical (unpaired) electrons. The summed E-state index contributed by atoms with van der Waals surface area (Å²) < 4.78 is 2.28. The molecule has 7 nitrogen and oxygen atoms in total. The number of aryl methyl sites for hydroxylation is 1. The second kappa shape index (κ2) is 9.36. The van der Waals surface area contributed by atoms with E-state index in [0.29, 0.717) is 18.9 Å². The highest BCUT2D eigenvalue weighted by Crippen LogP contribution is 2.30. The molecule has 1 unspecified atom stereocenters. The third-order valence-electron chi connectivity index (χ3n) is 5.69. The summed E-state index contributed by atoms with van der Waals surface area (Å²) in [6.07, 6.45) is 3.05. The molecule has 1 amide bonds. The molecule has 5 N–H and O–H groups in total. The lowest BCUT2D eigenvalue weighted by atomic mass is 10.1. The second-order valence-corrected chi connectivity index (χ2v) is 8.25. The molecule has 0 saturated carbocycles. The van der Waals surface area contributed by atoms with Gasteiger partial charge in [0.1, 0.15) is 11.3 Å². The molecule has 0 aliphatic rings. The van der Waals surface area contributed by atoms with E-state index in [0.717, 1.165) is 58.2 Å². The molecule has 2 aromatic heterocycles. The number of hydrogen-bond donors (Lipinski definition) is 3. The predicted molar refractivity (Wildman–Crippen MR) is 129 cm³/mol. The van der Waals surface area contributed by atoms with Gasteiger partial charge >= 0.3 is 0 Å². The van der Waals surface area contributed by atoms with Crippen LogP contribution in [-0.2, 0) is 24.3 Å². The van der Waals surface area contributed by atoms with Crippen molar-refractivity contribution in [1.29, 1.82) is 0 Å². The lowest BCUT2D eigenvalue weighted by molar-refractivity contribution is -0.122. The Hall–Kier alpha value is -3.45. The minimum atomic E-state index is -0.512. The van der Waals surface area contributed by atoms with E-state index in [-0.39, 0.29) is 5.91 Å². The van der Waals surface area contributed by atoms with Crippen LogP contribution < -0.4 is 16.8 Å². The molecule has 0 spiro atoms. The summed E-state index contributed by atoms with van der Waals surface area (Å²) in [5.74, 6) is 1.34. The van der Waals surface area contributed by atoms with Gasteiger partial charge in [0.05, 0.1) is 17.1 Å². The van der Waals surface area contributed by atoms with Gasteiger partial charge in [0.2, 0.25) is 5.91 Å². The zero-order chi connectivity index (χ0) is 22.7. The van der Waals surface area contributed by atoms with Crippen molar-refractivity contribution >= 4 is 33.7 Å². The van der Waals surface area contributed by atoms with E-state index >= 15 is 0 Å². The number of carbonyl (C=O) groups excluding carboxylic acids is 1. The van der Waals surface area contributed by atoms with Crippen molar-refractivity contribution in [2.24, 2.45) is 5.73 Å². The Morgan fingerprint density at radius 1 is 1.09 bits per heavy atom. The lowest BCUT2D eigenvalue weighted by Gasteiger charge is -2.12. The van der Waals surface area contributed by atoms with Crippen molar-refractivity contribution in [3.05, 3.63) is 65.5 Å². The van der Waals surface area contributed by atoms with Gasteiger partial charge in [-0.1, -0.05) is 55.8 Å². The third kappa shape index (κ3) is 4.43. The first-order valence-corrected chi connectivity index (χ1v) is 11.1. The van der Waals surface area contributed by atoms with Crippen LogP contribution in [-0.4, -0.2) is 26.5 Å². The van der Waals surface area contributed by atoms with Crippen molar-refractivity contribution in [3.8, 4) is 0 Å². The Morgan fingerprint density at radius 2 is 1.81 bits per heavy atom. The number of unbranched alkanes of at least 4 members (excludes halogenated alkanes) is 1. The van der Waals surface area contributed by atoms with Gasteiger partial charge in [-0.05, 0) is 30.5 Å². The van der Waals surface area contributed by atoms with E-state index < -0.39 is 6.04 Å². The van der Waals surface area contributed by atoms with Crippen LogP contribution in [0.4, 0.5) is 5.82 Å². The molecular weight excluding hydrogens is 400 g/mol. The first-order chi connectivity index (χ1) is 15.5. The molecule has 7 heteroatoms. The van der Waals surface area contributed by atoms with Crippen molar-refractivity contribution in [2.45, 2.75) is 52.2 Å².